The highest BCUT2D eigenvalue weighted by molar-refractivity contribution is 5.44. The molecule has 0 aromatic carbocycles. The standard InChI is InChI=1S/C11H17N7/c1-8(12)9-4-6-17(7-5-9)11-3-2-10-13-15-16-18(10)14-11/h2-3,8-9H,4-7,12H2,1H3. The predicted molar refractivity (Wildman–Crippen MR) is 67.2 cm³/mol. The first-order chi connectivity index (χ1) is 8.74. The average Bonchev–Trinajstić information content (AvgIpc) is 2.86. The lowest BCUT2D eigenvalue weighted by Crippen LogP contribution is -2.40. The number of nitrogens with two attached hydrogens (primary N) is 1. The van der Waals surface area contributed by atoms with E-state index in [-0.39, 0.29) is 6.04 Å². The molecule has 2 N–H and O–H groups in total. The number of tetrazole rings is 1. The molecule has 1 atom stereocenters. The second-order valence-electron chi connectivity index (χ2n) is 4.90. The van der Waals surface area contributed by atoms with E-state index in [1.165, 1.54) is 4.63 Å². The van der Waals surface area contributed by atoms with E-state index in [1.807, 2.05) is 12.1 Å². The van der Waals surface area contributed by atoms with Crippen LogP contribution in [0.5, 0.6) is 0 Å². The summed E-state index contributed by atoms with van der Waals surface area (Å²) in [5, 5.41) is 15.7. The second-order valence-corrected chi connectivity index (χ2v) is 4.90. The molecule has 3 rings (SSSR count). The van der Waals surface area contributed by atoms with Crippen molar-refractivity contribution in [3.63, 3.8) is 0 Å². The Balaban J connectivity index is 1.75. The lowest BCUT2D eigenvalue weighted by molar-refractivity contribution is 0.353. The van der Waals surface area contributed by atoms with E-state index in [0.717, 1.165) is 31.7 Å². The Morgan fingerprint density at radius 1 is 1.33 bits per heavy atom. The van der Waals surface area contributed by atoms with Gasteiger partial charge in [0.2, 0.25) is 0 Å². The number of hydrogen-bond acceptors (Lipinski definition) is 6. The molecule has 1 fully saturated rings. The summed E-state index contributed by atoms with van der Waals surface area (Å²) >= 11 is 0. The molecule has 0 radical (unpaired) electrons. The van der Waals surface area contributed by atoms with Crippen molar-refractivity contribution in [2.24, 2.45) is 11.7 Å². The van der Waals surface area contributed by atoms with Gasteiger partial charge in [-0.2, -0.15) is 0 Å². The lowest BCUT2D eigenvalue weighted by Gasteiger charge is -2.34. The average molecular weight is 247 g/mol. The number of rotatable bonds is 2. The molecule has 0 saturated carbocycles. The first kappa shape index (κ1) is 11.3. The molecule has 1 saturated heterocycles. The maximum absolute atomic E-state index is 5.95. The van der Waals surface area contributed by atoms with Crippen LogP contribution in [0.1, 0.15) is 19.8 Å². The van der Waals surface area contributed by atoms with Gasteiger partial charge < -0.3 is 10.6 Å². The van der Waals surface area contributed by atoms with E-state index in [9.17, 15) is 0 Å². The van der Waals surface area contributed by atoms with Gasteiger partial charge in [0.1, 0.15) is 0 Å². The van der Waals surface area contributed by atoms with Crippen molar-refractivity contribution in [1.82, 2.24) is 25.3 Å². The van der Waals surface area contributed by atoms with Gasteiger partial charge in [0.25, 0.3) is 0 Å². The van der Waals surface area contributed by atoms with E-state index in [0.29, 0.717) is 11.6 Å². The van der Waals surface area contributed by atoms with E-state index >= 15 is 0 Å². The van der Waals surface area contributed by atoms with Crippen molar-refractivity contribution in [3.05, 3.63) is 12.1 Å². The minimum absolute atomic E-state index is 0.280. The Morgan fingerprint density at radius 3 is 2.83 bits per heavy atom. The molecule has 7 nitrogen and oxygen atoms in total. The third-order valence-corrected chi connectivity index (χ3v) is 3.66. The fourth-order valence-corrected chi connectivity index (χ4v) is 2.46. The highest BCUT2D eigenvalue weighted by Crippen LogP contribution is 2.23. The maximum Gasteiger partial charge on any atom is 0.200 e. The van der Waals surface area contributed by atoms with Gasteiger partial charge in [-0.15, -0.1) is 14.8 Å². The zero-order valence-corrected chi connectivity index (χ0v) is 10.4. The van der Waals surface area contributed by atoms with Crippen molar-refractivity contribution >= 4 is 11.5 Å². The number of hydrogen-bond donors (Lipinski definition) is 1. The zero-order valence-electron chi connectivity index (χ0n) is 10.4. The summed E-state index contributed by atoms with van der Waals surface area (Å²) < 4.78 is 1.47. The third-order valence-electron chi connectivity index (χ3n) is 3.66. The SMILES string of the molecule is CC(N)C1CCN(c2ccc3nnnn3n2)CC1. The maximum atomic E-state index is 5.95. The van der Waals surface area contributed by atoms with Gasteiger partial charge in [-0.1, -0.05) is 0 Å². The van der Waals surface area contributed by atoms with Crippen molar-refractivity contribution < 1.29 is 0 Å². The molecule has 0 amide bonds. The van der Waals surface area contributed by atoms with E-state index < -0.39 is 0 Å². The lowest BCUT2D eigenvalue weighted by atomic mass is 9.91. The molecule has 18 heavy (non-hydrogen) atoms. The molecule has 1 aliphatic heterocycles. The summed E-state index contributed by atoms with van der Waals surface area (Å²) in [5.74, 6) is 1.55. The van der Waals surface area contributed by atoms with Gasteiger partial charge >= 0.3 is 0 Å². The summed E-state index contributed by atoms with van der Waals surface area (Å²) in [6.45, 7) is 4.07. The van der Waals surface area contributed by atoms with Gasteiger partial charge in [0.15, 0.2) is 11.5 Å². The Bertz CT molecular complexity index is 527. The summed E-state index contributed by atoms with van der Waals surface area (Å²) in [5.41, 5.74) is 6.62. The van der Waals surface area contributed by atoms with Crippen molar-refractivity contribution in [2.75, 3.05) is 18.0 Å². The van der Waals surface area contributed by atoms with Crippen LogP contribution in [0.25, 0.3) is 5.65 Å². The van der Waals surface area contributed by atoms with E-state index in [4.69, 9.17) is 5.73 Å². The summed E-state index contributed by atoms with van der Waals surface area (Å²) in [7, 11) is 0. The molecule has 2 aromatic heterocycles. The molecule has 0 spiro atoms. The number of anilines is 1. The molecule has 7 heteroatoms. The van der Waals surface area contributed by atoms with Crippen LogP contribution in [0.4, 0.5) is 5.82 Å². The third kappa shape index (κ3) is 2.01. The van der Waals surface area contributed by atoms with Crippen molar-refractivity contribution in [3.8, 4) is 0 Å². The van der Waals surface area contributed by atoms with Crippen LogP contribution in [0.3, 0.4) is 0 Å². The fourth-order valence-electron chi connectivity index (χ4n) is 2.46. The van der Waals surface area contributed by atoms with Gasteiger partial charge in [-0.3, -0.25) is 0 Å². The minimum atomic E-state index is 0.280. The molecular formula is C11H17N7. The van der Waals surface area contributed by atoms with Crippen LogP contribution in [0, 0.1) is 5.92 Å². The van der Waals surface area contributed by atoms with Gasteiger partial charge in [-0.25, -0.2) is 0 Å². The minimum Gasteiger partial charge on any atom is -0.355 e. The summed E-state index contributed by atoms with van der Waals surface area (Å²) in [4.78, 5) is 2.26. The number of nitrogens with zero attached hydrogens (tertiary/aromatic N) is 6. The number of aromatic nitrogens is 5. The van der Waals surface area contributed by atoms with Crippen LogP contribution >= 0.6 is 0 Å². The Morgan fingerprint density at radius 2 is 2.11 bits per heavy atom. The molecule has 1 unspecified atom stereocenters. The van der Waals surface area contributed by atoms with E-state index in [2.05, 4.69) is 32.4 Å². The second kappa shape index (κ2) is 4.49. The fraction of sp³-hybridized carbons (Fsp3) is 0.636. The van der Waals surface area contributed by atoms with Crippen LogP contribution in [-0.2, 0) is 0 Å². The Kier molecular flexibility index (Phi) is 2.83. The van der Waals surface area contributed by atoms with Gasteiger partial charge in [0.05, 0.1) is 0 Å². The van der Waals surface area contributed by atoms with Crippen LogP contribution in [0.15, 0.2) is 12.1 Å². The van der Waals surface area contributed by atoms with Crippen molar-refractivity contribution in [2.45, 2.75) is 25.8 Å². The molecule has 0 aliphatic carbocycles. The van der Waals surface area contributed by atoms with Crippen LogP contribution < -0.4 is 10.6 Å². The first-order valence-corrected chi connectivity index (χ1v) is 6.30. The number of piperidine rings is 1. The summed E-state index contributed by atoms with van der Waals surface area (Å²) in [6, 6.07) is 4.14. The monoisotopic (exact) mass is 247 g/mol. The van der Waals surface area contributed by atoms with Crippen LogP contribution in [0.2, 0.25) is 0 Å². The topological polar surface area (TPSA) is 85.2 Å². The van der Waals surface area contributed by atoms with E-state index in [1.54, 1.807) is 0 Å². The Hall–Kier alpha value is -1.76. The molecular weight excluding hydrogens is 230 g/mol. The largest absolute Gasteiger partial charge is 0.355 e. The molecule has 96 valence electrons. The van der Waals surface area contributed by atoms with Gasteiger partial charge in [0, 0.05) is 19.1 Å². The highest BCUT2D eigenvalue weighted by Gasteiger charge is 2.22. The molecule has 0 bridgehead atoms. The zero-order chi connectivity index (χ0) is 12.5. The summed E-state index contributed by atoms with van der Waals surface area (Å²) in [6.07, 6.45) is 2.24. The predicted octanol–water partition coefficient (Wildman–Crippen LogP) is 0.0829. The first-order valence-electron chi connectivity index (χ1n) is 6.30. The normalized spacial score (nSPS) is 19.3. The molecule has 1 aliphatic rings. The van der Waals surface area contributed by atoms with Crippen molar-refractivity contribution in [1.29, 1.82) is 0 Å². The number of fused-ring (bicyclic) bond motifs is 1. The smallest absolute Gasteiger partial charge is 0.200 e. The quantitative estimate of drug-likeness (QED) is 0.809. The van der Waals surface area contributed by atoms with Crippen LogP contribution in [-0.4, -0.2) is 44.4 Å². The van der Waals surface area contributed by atoms with Gasteiger partial charge in [-0.05, 0) is 48.2 Å². The molecule has 3 heterocycles. The molecule has 2 aromatic rings. The highest BCUT2D eigenvalue weighted by atomic mass is 15.6. The Labute approximate surface area is 105 Å².